The van der Waals surface area contributed by atoms with Crippen LogP contribution in [0.4, 0.5) is 0 Å². The largest absolute Gasteiger partial charge is 0.467 e. The zero-order valence-corrected chi connectivity index (χ0v) is 11.0. The fourth-order valence-electron chi connectivity index (χ4n) is 2.14. The van der Waals surface area contributed by atoms with E-state index in [4.69, 9.17) is 10.3 Å². The molecule has 0 radical (unpaired) electrons. The molecule has 104 valence electrons. The van der Waals surface area contributed by atoms with Crippen LogP contribution in [-0.2, 0) is 11.3 Å². The molecule has 0 atom stereocenters. The second-order valence-electron chi connectivity index (χ2n) is 4.97. The zero-order chi connectivity index (χ0) is 14.0. The van der Waals surface area contributed by atoms with Crippen LogP contribution in [0.1, 0.15) is 30.0 Å². The van der Waals surface area contributed by atoms with Gasteiger partial charge in [-0.15, -0.1) is 0 Å². The SMILES string of the molecule is CC1(C)C(=O)NCCN1Cc1occc1C(=O)NN. The number of carbonyl (C=O) groups is 2. The molecule has 2 heterocycles. The fraction of sp³-hybridized carbons (Fsp3) is 0.500. The fourth-order valence-corrected chi connectivity index (χ4v) is 2.14. The molecule has 1 aliphatic rings. The Morgan fingerprint density at radius 1 is 1.63 bits per heavy atom. The van der Waals surface area contributed by atoms with Crippen LogP contribution in [0.25, 0.3) is 0 Å². The van der Waals surface area contributed by atoms with Crippen LogP contribution in [0, 0.1) is 0 Å². The lowest BCUT2D eigenvalue weighted by atomic mass is 9.98. The Morgan fingerprint density at radius 2 is 2.37 bits per heavy atom. The van der Waals surface area contributed by atoms with E-state index in [0.717, 1.165) is 0 Å². The highest BCUT2D eigenvalue weighted by Gasteiger charge is 2.38. The number of carbonyl (C=O) groups excluding carboxylic acids is 2. The Balaban J connectivity index is 2.19. The van der Waals surface area contributed by atoms with Crippen molar-refractivity contribution in [1.29, 1.82) is 0 Å². The highest BCUT2D eigenvalue weighted by molar-refractivity contribution is 5.94. The number of amides is 2. The van der Waals surface area contributed by atoms with Gasteiger partial charge in [0.15, 0.2) is 0 Å². The second kappa shape index (κ2) is 5.02. The Labute approximate surface area is 111 Å². The van der Waals surface area contributed by atoms with Crippen LogP contribution in [0.5, 0.6) is 0 Å². The topological polar surface area (TPSA) is 101 Å². The van der Waals surface area contributed by atoms with E-state index >= 15 is 0 Å². The smallest absolute Gasteiger partial charge is 0.268 e. The van der Waals surface area contributed by atoms with Crippen molar-refractivity contribution in [2.24, 2.45) is 5.84 Å². The van der Waals surface area contributed by atoms with Crippen molar-refractivity contribution in [2.45, 2.75) is 25.9 Å². The predicted molar refractivity (Wildman–Crippen MR) is 67.9 cm³/mol. The minimum Gasteiger partial charge on any atom is -0.467 e. The molecule has 0 saturated carbocycles. The van der Waals surface area contributed by atoms with Gasteiger partial charge in [0.1, 0.15) is 5.76 Å². The Kier molecular flexibility index (Phi) is 3.59. The number of hydrazine groups is 1. The predicted octanol–water partition coefficient (Wildman–Crippen LogP) is -0.406. The number of rotatable bonds is 3. The van der Waals surface area contributed by atoms with E-state index in [1.54, 1.807) is 6.07 Å². The minimum absolute atomic E-state index is 0.0323. The van der Waals surface area contributed by atoms with Crippen molar-refractivity contribution in [3.8, 4) is 0 Å². The van der Waals surface area contributed by atoms with Crippen LogP contribution in [0.15, 0.2) is 16.7 Å². The van der Waals surface area contributed by atoms with Gasteiger partial charge in [-0.2, -0.15) is 0 Å². The molecule has 19 heavy (non-hydrogen) atoms. The molecule has 7 heteroatoms. The molecular weight excluding hydrogens is 248 g/mol. The van der Waals surface area contributed by atoms with E-state index in [1.807, 2.05) is 18.7 Å². The molecule has 1 saturated heterocycles. The summed E-state index contributed by atoms with van der Waals surface area (Å²) in [5, 5.41) is 2.82. The van der Waals surface area contributed by atoms with Gasteiger partial charge in [0.05, 0.1) is 23.9 Å². The first-order chi connectivity index (χ1) is 8.96. The molecule has 1 aromatic rings. The summed E-state index contributed by atoms with van der Waals surface area (Å²) in [6.45, 7) is 5.35. The molecule has 7 nitrogen and oxygen atoms in total. The monoisotopic (exact) mass is 266 g/mol. The number of nitrogens with one attached hydrogen (secondary N) is 2. The third kappa shape index (κ3) is 2.47. The Morgan fingerprint density at radius 3 is 3.05 bits per heavy atom. The molecule has 0 bridgehead atoms. The van der Waals surface area contributed by atoms with Gasteiger partial charge in [-0.05, 0) is 19.9 Å². The van der Waals surface area contributed by atoms with Crippen molar-refractivity contribution in [3.63, 3.8) is 0 Å². The van der Waals surface area contributed by atoms with Gasteiger partial charge in [-0.25, -0.2) is 5.84 Å². The van der Waals surface area contributed by atoms with Crippen molar-refractivity contribution >= 4 is 11.8 Å². The highest BCUT2D eigenvalue weighted by atomic mass is 16.3. The lowest BCUT2D eigenvalue weighted by Gasteiger charge is -2.40. The van der Waals surface area contributed by atoms with Gasteiger partial charge in [0.2, 0.25) is 5.91 Å². The number of nitrogen functional groups attached to an aromatic ring is 1. The van der Waals surface area contributed by atoms with E-state index in [1.165, 1.54) is 6.26 Å². The molecule has 1 aromatic heterocycles. The van der Waals surface area contributed by atoms with Crippen molar-refractivity contribution in [1.82, 2.24) is 15.6 Å². The second-order valence-corrected chi connectivity index (χ2v) is 4.97. The molecule has 0 aromatic carbocycles. The van der Waals surface area contributed by atoms with Crippen molar-refractivity contribution in [3.05, 3.63) is 23.7 Å². The molecule has 4 N–H and O–H groups in total. The first kappa shape index (κ1) is 13.6. The van der Waals surface area contributed by atoms with E-state index in [2.05, 4.69) is 10.7 Å². The first-order valence-electron chi connectivity index (χ1n) is 6.07. The van der Waals surface area contributed by atoms with Gasteiger partial charge in [-0.3, -0.25) is 19.9 Å². The molecular formula is C12H18N4O3. The molecule has 0 unspecified atom stereocenters. The molecule has 1 fully saturated rings. The summed E-state index contributed by atoms with van der Waals surface area (Å²) >= 11 is 0. The zero-order valence-electron chi connectivity index (χ0n) is 11.0. The van der Waals surface area contributed by atoms with Gasteiger partial charge < -0.3 is 9.73 Å². The molecule has 2 amide bonds. The number of hydrogen-bond donors (Lipinski definition) is 3. The number of hydrogen-bond acceptors (Lipinski definition) is 5. The molecule has 0 aliphatic carbocycles. The summed E-state index contributed by atoms with van der Waals surface area (Å²) < 4.78 is 5.33. The third-order valence-corrected chi connectivity index (χ3v) is 3.47. The van der Waals surface area contributed by atoms with Crippen LogP contribution in [-0.4, -0.2) is 35.3 Å². The summed E-state index contributed by atoms with van der Waals surface area (Å²) in [5.41, 5.74) is 1.83. The molecule has 1 aliphatic heterocycles. The van der Waals surface area contributed by atoms with Gasteiger partial charge in [-0.1, -0.05) is 0 Å². The Bertz CT molecular complexity index is 495. The molecule has 0 spiro atoms. The Hall–Kier alpha value is -1.86. The van der Waals surface area contributed by atoms with Gasteiger partial charge in [0.25, 0.3) is 5.91 Å². The average Bonchev–Trinajstić information content (AvgIpc) is 2.83. The van der Waals surface area contributed by atoms with E-state index in [0.29, 0.717) is 31.0 Å². The van der Waals surface area contributed by atoms with Crippen molar-refractivity contribution < 1.29 is 14.0 Å². The summed E-state index contributed by atoms with van der Waals surface area (Å²) in [4.78, 5) is 25.4. The standard InChI is InChI=1S/C12H18N4O3/c1-12(2)11(18)14-4-5-16(12)7-9-8(3-6-19-9)10(17)15-13/h3,6H,4-5,7,13H2,1-2H3,(H,14,18)(H,15,17). The van der Waals surface area contributed by atoms with E-state index < -0.39 is 11.4 Å². The number of piperazine rings is 1. The lowest BCUT2D eigenvalue weighted by molar-refractivity contribution is -0.135. The highest BCUT2D eigenvalue weighted by Crippen LogP contribution is 2.22. The first-order valence-corrected chi connectivity index (χ1v) is 6.07. The summed E-state index contributed by atoms with van der Waals surface area (Å²) in [7, 11) is 0. The number of nitrogens with two attached hydrogens (primary N) is 1. The maximum absolute atomic E-state index is 11.8. The summed E-state index contributed by atoms with van der Waals surface area (Å²) in [6.07, 6.45) is 1.44. The number of nitrogens with zero attached hydrogens (tertiary/aromatic N) is 1. The van der Waals surface area contributed by atoms with Gasteiger partial charge >= 0.3 is 0 Å². The maximum atomic E-state index is 11.8. The van der Waals surface area contributed by atoms with E-state index in [9.17, 15) is 9.59 Å². The van der Waals surface area contributed by atoms with Crippen LogP contribution >= 0.6 is 0 Å². The summed E-state index contributed by atoms with van der Waals surface area (Å²) in [6, 6.07) is 1.56. The number of furan rings is 1. The summed E-state index contributed by atoms with van der Waals surface area (Å²) in [5.74, 6) is 5.19. The average molecular weight is 266 g/mol. The van der Waals surface area contributed by atoms with E-state index in [-0.39, 0.29) is 5.91 Å². The van der Waals surface area contributed by atoms with Gasteiger partial charge in [0, 0.05) is 13.1 Å². The van der Waals surface area contributed by atoms with Crippen LogP contribution in [0.3, 0.4) is 0 Å². The van der Waals surface area contributed by atoms with Crippen LogP contribution < -0.4 is 16.6 Å². The maximum Gasteiger partial charge on any atom is 0.268 e. The normalized spacial score (nSPS) is 19.0. The third-order valence-electron chi connectivity index (χ3n) is 3.47. The quantitative estimate of drug-likeness (QED) is 0.392. The molecule has 2 rings (SSSR count). The van der Waals surface area contributed by atoms with Crippen molar-refractivity contribution in [2.75, 3.05) is 13.1 Å². The van der Waals surface area contributed by atoms with Crippen LogP contribution in [0.2, 0.25) is 0 Å². The lowest BCUT2D eigenvalue weighted by Crippen LogP contribution is -2.61. The minimum atomic E-state index is -0.637.